The second kappa shape index (κ2) is 11.5. The van der Waals surface area contributed by atoms with Gasteiger partial charge in [-0.15, -0.1) is 0 Å². The van der Waals surface area contributed by atoms with Gasteiger partial charge in [0.2, 0.25) is 0 Å². The first-order valence-corrected chi connectivity index (χ1v) is 12.9. The topological polar surface area (TPSA) is 65.0 Å². The number of carbonyl (C=O) groups excluding carboxylic acids is 1. The largest absolute Gasteiger partial charge is 0.508 e. The van der Waals surface area contributed by atoms with Crippen molar-refractivity contribution in [3.05, 3.63) is 113 Å². The summed E-state index contributed by atoms with van der Waals surface area (Å²) in [6.07, 6.45) is 9.07. The molecule has 0 saturated carbocycles. The number of hydrogen-bond acceptors (Lipinski definition) is 5. The van der Waals surface area contributed by atoms with E-state index in [2.05, 4.69) is 40.5 Å². The van der Waals surface area contributed by atoms with Gasteiger partial charge in [-0.2, -0.15) is 0 Å². The summed E-state index contributed by atoms with van der Waals surface area (Å²) in [6.45, 7) is 2.89. The van der Waals surface area contributed by atoms with Gasteiger partial charge >= 0.3 is 0 Å². The maximum absolute atomic E-state index is 13.5. The second-order valence-corrected chi connectivity index (χ2v) is 9.83. The zero-order valence-electron chi connectivity index (χ0n) is 21.4. The summed E-state index contributed by atoms with van der Waals surface area (Å²) < 4.78 is 19.7. The van der Waals surface area contributed by atoms with Gasteiger partial charge in [-0.05, 0) is 92.2 Å². The van der Waals surface area contributed by atoms with Gasteiger partial charge in [-0.3, -0.25) is 9.69 Å². The maximum atomic E-state index is 13.5. The van der Waals surface area contributed by atoms with Gasteiger partial charge in [0, 0.05) is 43.0 Å². The third-order valence-corrected chi connectivity index (χ3v) is 7.02. The lowest BCUT2D eigenvalue weighted by Crippen LogP contribution is -2.30. The molecule has 3 aromatic rings. The summed E-state index contributed by atoms with van der Waals surface area (Å²) >= 11 is 0. The molecule has 2 aliphatic heterocycles. The highest BCUT2D eigenvalue weighted by Crippen LogP contribution is 2.30. The number of aromatic hydroxyl groups is 1. The van der Waals surface area contributed by atoms with E-state index in [0.29, 0.717) is 36.2 Å². The number of benzene rings is 3. The summed E-state index contributed by atoms with van der Waals surface area (Å²) in [5, 5.41) is 12.4. The van der Waals surface area contributed by atoms with Crippen LogP contribution in [0.5, 0.6) is 17.2 Å². The van der Waals surface area contributed by atoms with Gasteiger partial charge in [-0.1, -0.05) is 24.3 Å². The molecule has 2 aliphatic rings. The van der Waals surface area contributed by atoms with Crippen molar-refractivity contribution in [1.82, 2.24) is 15.1 Å². The molecule has 1 atom stereocenters. The normalized spacial score (nSPS) is 17.4. The van der Waals surface area contributed by atoms with Crippen LogP contribution in [0.4, 0.5) is 4.39 Å². The van der Waals surface area contributed by atoms with Crippen molar-refractivity contribution in [2.24, 2.45) is 0 Å². The molecule has 196 valence electrons. The molecule has 2 N–H and O–H groups in total. The fraction of sp³-hybridized carbons (Fsp3) is 0.258. The molecule has 3 aromatic carbocycles. The quantitative estimate of drug-likeness (QED) is 0.410. The summed E-state index contributed by atoms with van der Waals surface area (Å²) in [6, 6.07) is 18.5. The third-order valence-electron chi connectivity index (χ3n) is 7.02. The van der Waals surface area contributed by atoms with Gasteiger partial charge in [0.1, 0.15) is 23.1 Å². The van der Waals surface area contributed by atoms with Crippen molar-refractivity contribution in [2.45, 2.75) is 32.0 Å². The van der Waals surface area contributed by atoms with E-state index in [1.165, 1.54) is 42.7 Å². The lowest BCUT2D eigenvalue weighted by Gasteiger charge is -2.29. The number of likely N-dealkylation sites (tertiary alicyclic amines) is 1. The van der Waals surface area contributed by atoms with Crippen LogP contribution in [-0.4, -0.2) is 47.0 Å². The number of phenols is 1. The Bertz CT molecular complexity index is 1340. The molecule has 5 rings (SSSR count). The van der Waals surface area contributed by atoms with E-state index in [4.69, 9.17) is 4.74 Å². The molecule has 2 heterocycles. The highest BCUT2D eigenvalue weighted by Gasteiger charge is 2.25. The second-order valence-electron chi connectivity index (χ2n) is 9.83. The van der Waals surface area contributed by atoms with Crippen LogP contribution < -0.4 is 10.1 Å². The average molecular weight is 514 g/mol. The number of nitrogens with one attached hydrogen (secondary N) is 1. The van der Waals surface area contributed by atoms with Crippen LogP contribution >= 0.6 is 0 Å². The van der Waals surface area contributed by atoms with Crippen molar-refractivity contribution in [1.29, 1.82) is 0 Å². The van der Waals surface area contributed by atoms with Crippen LogP contribution in [0.25, 0.3) is 0 Å². The van der Waals surface area contributed by atoms with Crippen LogP contribution in [0.15, 0.2) is 90.7 Å². The summed E-state index contributed by atoms with van der Waals surface area (Å²) in [5.74, 6) is 0.763. The standard InChI is InChI=1S/C31H32FN3O3/c1-34-16-3-5-29(34)24-4-2-17-35(20-24)21-25-7-6-22(18-30(25)38-28-14-10-26(32)11-15-28)19-33-31(37)23-8-12-27(36)13-9-23/h2,4,6-15,18,20,29,36H,3,5,16-17,19,21H2,1H3,(H,33,37). The fourth-order valence-corrected chi connectivity index (χ4v) is 4.95. The number of nitrogens with zero attached hydrogens (tertiary/aromatic N) is 2. The predicted octanol–water partition coefficient (Wildman–Crippen LogP) is 5.60. The van der Waals surface area contributed by atoms with E-state index in [-0.39, 0.29) is 17.5 Å². The van der Waals surface area contributed by atoms with Crippen LogP contribution in [0, 0.1) is 5.82 Å². The number of hydrogen-bond donors (Lipinski definition) is 2. The maximum Gasteiger partial charge on any atom is 0.251 e. The first kappa shape index (κ1) is 25.5. The van der Waals surface area contributed by atoms with E-state index < -0.39 is 0 Å². The molecular formula is C31H32FN3O3. The van der Waals surface area contributed by atoms with Gasteiger partial charge in [0.15, 0.2) is 0 Å². The molecule has 0 aliphatic carbocycles. The first-order chi connectivity index (χ1) is 18.4. The Balaban J connectivity index is 1.34. The third kappa shape index (κ3) is 6.23. The van der Waals surface area contributed by atoms with Crippen molar-refractivity contribution in [2.75, 3.05) is 20.1 Å². The first-order valence-electron chi connectivity index (χ1n) is 12.9. The Morgan fingerprint density at radius 1 is 1.11 bits per heavy atom. The zero-order chi connectivity index (χ0) is 26.5. The minimum absolute atomic E-state index is 0.112. The number of rotatable bonds is 8. The van der Waals surface area contributed by atoms with Crippen molar-refractivity contribution >= 4 is 5.91 Å². The van der Waals surface area contributed by atoms with Crippen LogP contribution in [-0.2, 0) is 13.1 Å². The number of likely N-dealkylation sites (N-methyl/N-ethyl adjacent to an activating group) is 1. The van der Waals surface area contributed by atoms with Crippen LogP contribution in [0.1, 0.15) is 34.3 Å². The number of ether oxygens (including phenoxy) is 1. The van der Waals surface area contributed by atoms with Gasteiger partial charge in [-0.25, -0.2) is 4.39 Å². The van der Waals surface area contributed by atoms with E-state index in [1.807, 2.05) is 18.2 Å². The molecule has 1 fully saturated rings. The lowest BCUT2D eigenvalue weighted by molar-refractivity contribution is 0.0951. The minimum atomic E-state index is -0.321. The number of carbonyl (C=O) groups is 1. The van der Waals surface area contributed by atoms with Gasteiger partial charge < -0.3 is 20.1 Å². The highest BCUT2D eigenvalue weighted by atomic mass is 19.1. The summed E-state index contributed by atoms with van der Waals surface area (Å²) in [7, 11) is 2.18. The molecule has 7 heteroatoms. The zero-order valence-corrected chi connectivity index (χ0v) is 21.4. The number of phenolic OH excluding ortho intramolecular Hbond substituents is 1. The van der Waals surface area contributed by atoms with Crippen LogP contribution in [0.2, 0.25) is 0 Å². The molecular weight excluding hydrogens is 481 g/mol. The fourth-order valence-electron chi connectivity index (χ4n) is 4.95. The van der Waals surface area contributed by atoms with Crippen molar-refractivity contribution < 1.29 is 19.0 Å². The van der Waals surface area contributed by atoms with E-state index in [1.54, 1.807) is 24.3 Å². The Labute approximate surface area is 222 Å². The smallest absolute Gasteiger partial charge is 0.251 e. The Kier molecular flexibility index (Phi) is 7.75. The minimum Gasteiger partial charge on any atom is -0.508 e. The summed E-state index contributed by atoms with van der Waals surface area (Å²) in [4.78, 5) is 17.2. The van der Waals surface area contributed by atoms with Crippen LogP contribution in [0.3, 0.4) is 0 Å². The molecule has 0 radical (unpaired) electrons. The lowest BCUT2D eigenvalue weighted by atomic mass is 10.0. The predicted molar refractivity (Wildman–Crippen MR) is 145 cm³/mol. The van der Waals surface area contributed by atoms with E-state index in [0.717, 1.165) is 24.2 Å². The number of amides is 1. The molecule has 38 heavy (non-hydrogen) atoms. The molecule has 1 unspecified atom stereocenters. The van der Waals surface area contributed by atoms with Gasteiger partial charge in [0.05, 0.1) is 0 Å². The van der Waals surface area contributed by atoms with Crippen molar-refractivity contribution in [3.63, 3.8) is 0 Å². The Morgan fingerprint density at radius 2 is 1.89 bits per heavy atom. The molecule has 0 spiro atoms. The summed E-state index contributed by atoms with van der Waals surface area (Å²) in [5.41, 5.74) is 3.66. The SMILES string of the molecule is CN1CCCC1C1=CN(Cc2ccc(CNC(=O)c3ccc(O)cc3)cc2Oc2ccc(F)cc2)CC=C1. The monoisotopic (exact) mass is 513 g/mol. The average Bonchev–Trinajstić information content (AvgIpc) is 3.36. The van der Waals surface area contributed by atoms with E-state index in [9.17, 15) is 14.3 Å². The molecule has 1 saturated heterocycles. The molecule has 6 nitrogen and oxygen atoms in total. The molecule has 1 amide bonds. The van der Waals surface area contributed by atoms with Crippen molar-refractivity contribution in [3.8, 4) is 17.2 Å². The molecule has 0 aromatic heterocycles. The van der Waals surface area contributed by atoms with Gasteiger partial charge in [0.25, 0.3) is 5.91 Å². The highest BCUT2D eigenvalue weighted by molar-refractivity contribution is 5.94. The Hall–Kier alpha value is -4.10. The number of halogens is 1. The Morgan fingerprint density at radius 3 is 2.63 bits per heavy atom. The van der Waals surface area contributed by atoms with E-state index >= 15 is 0 Å². The molecule has 0 bridgehead atoms.